The number of benzene rings is 1. The van der Waals surface area contributed by atoms with Crippen molar-refractivity contribution in [3.8, 4) is 5.75 Å². The lowest BCUT2D eigenvalue weighted by atomic mass is 10.3. The molecule has 0 bridgehead atoms. The number of rotatable bonds is 7. The fourth-order valence-electron chi connectivity index (χ4n) is 1.28. The van der Waals surface area contributed by atoms with Crippen LogP contribution in [0.2, 0.25) is 0 Å². The molecule has 5 nitrogen and oxygen atoms in total. The Balaban J connectivity index is 0.00000400. The van der Waals surface area contributed by atoms with Crippen molar-refractivity contribution in [2.45, 2.75) is 13.0 Å². The highest BCUT2D eigenvalue weighted by Crippen LogP contribution is 2.13. The van der Waals surface area contributed by atoms with Crippen molar-refractivity contribution >= 4 is 52.5 Å². The molecular formula is C14H21I2N3O2. The quantitative estimate of drug-likeness (QED) is 0.224. The highest BCUT2D eigenvalue weighted by atomic mass is 127. The first-order chi connectivity index (χ1) is 9.47. The minimum atomic E-state index is -0.695. The largest absolute Gasteiger partial charge is 0.491 e. The molecule has 1 atom stereocenters. The Kier molecular flexibility index (Phi) is 10.8. The van der Waals surface area contributed by atoms with E-state index in [-0.39, 0.29) is 37.1 Å². The minimum absolute atomic E-state index is 0. The number of ether oxygens (including phenoxy) is 1. The zero-order valence-electron chi connectivity index (χ0n) is 11.9. The normalized spacial score (nSPS) is 12.2. The number of halogens is 2. The monoisotopic (exact) mass is 517 g/mol. The molecule has 0 saturated carbocycles. The summed E-state index contributed by atoms with van der Waals surface area (Å²) in [5, 5.41) is 12.6. The molecule has 0 amide bonds. The molecule has 1 rings (SSSR count). The van der Waals surface area contributed by atoms with Crippen molar-refractivity contribution in [1.82, 2.24) is 5.32 Å². The van der Waals surface area contributed by atoms with Crippen molar-refractivity contribution in [2.24, 2.45) is 10.7 Å². The number of aliphatic hydroxyl groups is 1. The van der Waals surface area contributed by atoms with E-state index < -0.39 is 6.10 Å². The predicted molar refractivity (Wildman–Crippen MR) is 105 cm³/mol. The van der Waals surface area contributed by atoms with Crippen molar-refractivity contribution in [2.75, 3.05) is 19.7 Å². The third-order valence-electron chi connectivity index (χ3n) is 2.30. The van der Waals surface area contributed by atoms with E-state index in [4.69, 9.17) is 10.5 Å². The van der Waals surface area contributed by atoms with Gasteiger partial charge in [0.1, 0.15) is 18.5 Å². The fraction of sp³-hybridized carbons (Fsp3) is 0.357. The number of guanidine groups is 1. The van der Waals surface area contributed by atoms with Crippen LogP contribution in [0.5, 0.6) is 5.75 Å². The van der Waals surface area contributed by atoms with E-state index in [1.54, 1.807) is 0 Å². The van der Waals surface area contributed by atoms with Crippen molar-refractivity contribution in [1.29, 1.82) is 0 Å². The smallest absolute Gasteiger partial charge is 0.188 e. The highest BCUT2D eigenvalue weighted by molar-refractivity contribution is 14.1. The van der Waals surface area contributed by atoms with Crippen molar-refractivity contribution < 1.29 is 9.84 Å². The van der Waals surface area contributed by atoms with Gasteiger partial charge in [-0.05, 0) is 53.8 Å². The van der Waals surface area contributed by atoms with Crippen LogP contribution in [0.4, 0.5) is 0 Å². The summed E-state index contributed by atoms with van der Waals surface area (Å²) in [7, 11) is 0. The third kappa shape index (κ3) is 9.91. The summed E-state index contributed by atoms with van der Waals surface area (Å²) < 4.78 is 6.59. The standard InChI is InChI=1S/C14H20IN3O2.HI/c1-10(2)7-17-14(16)18-8-12(19)9-20-13-5-3-11(15)4-6-13;/h3-6,12,19H,1,7-9H2,2H3,(H3,16,17,18);1H. The Morgan fingerprint density at radius 3 is 2.67 bits per heavy atom. The number of nitrogens with zero attached hydrogens (tertiary/aromatic N) is 1. The summed E-state index contributed by atoms with van der Waals surface area (Å²) in [6, 6.07) is 7.61. The van der Waals surface area contributed by atoms with Crippen LogP contribution >= 0.6 is 46.6 Å². The minimum Gasteiger partial charge on any atom is -0.491 e. The first kappa shape index (κ1) is 20.5. The summed E-state index contributed by atoms with van der Waals surface area (Å²) in [6.07, 6.45) is -0.695. The molecule has 118 valence electrons. The van der Waals surface area contributed by atoms with E-state index in [2.05, 4.69) is 39.5 Å². The second kappa shape index (κ2) is 11.1. The maximum Gasteiger partial charge on any atom is 0.188 e. The van der Waals surface area contributed by atoms with Gasteiger partial charge in [0.2, 0.25) is 0 Å². The van der Waals surface area contributed by atoms with Gasteiger partial charge in [0.05, 0.1) is 6.54 Å². The first-order valence-electron chi connectivity index (χ1n) is 6.22. The molecule has 7 heteroatoms. The van der Waals surface area contributed by atoms with Crippen LogP contribution in [0.15, 0.2) is 41.4 Å². The molecule has 0 radical (unpaired) electrons. The molecule has 0 aliphatic rings. The lowest BCUT2D eigenvalue weighted by Crippen LogP contribution is -2.34. The molecule has 1 aromatic carbocycles. The summed E-state index contributed by atoms with van der Waals surface area (Å²) >= 11 is 2.22. The zero-order valence-corrected chi connectivity index (χ0v) is 16.4. The van der Waals surface area contributed by atoms with Gasteiger partial charge in [-0.2, -0.15) is 0 Å². The summed E-state index contributed by atoms with van der Waals surface area (Å²) in [5.74, 6) is 1.02. The van der Waals surface area contributed by atoms with Gasteiger partial charge < -0.3 is 20.9 Å². The second-order valence-corrected chi connectivity index (χ2v) is 5.70. The lowest BCUT2D eigenvalue weighted by molar-refractivity contribution is 0.114. The fourth-order valence-corrected chi connectivity index (χ4v) is 1.64. The van der Waals surface area contributed by atoms with E-state index >= 15 is 0 Å². The Labute approximate surface area is 156 Å². The second-order valence-electron chi connectivity index (χ2n) is 4.46. The van der Waals surface area contributed by atoms with Gasteiger partial charge in [-0.1, -0.05) is 12.2 Å². The van der Waals surface area contributed by atoms with Crippen LogP contribution in [0.1, 0.15) is 6.92 Å². The first-order valence-corrected chi connectivity index (χ1v) is 7.30. The predicted octanol–water partition coefficient (Wildman–Crippen LogP) is 2.13. The van der Waals surface area contributed by atoms with Crippen LogP contribution in [0.3, 0.4) is 0 Å². The summed E-state index contributed by atoms with van der Waals surface area (Å²) in [5.41, 5.74) is 6.60. The Morgan fingerprint density at radius 1 is 1.48 bits per heavy atom. The maximum atomic E-state index is 9.76. The number of nitrogens with one attached hydrogen (secondary N) is 1. The summed E-state index contributed by atoms with van der Waals surface area (Å²) in [6.45, 7) is 6.59. The van der Waals surface area contributed by atoms with Gasteiger partial charge in [-0.3, -0.25) is 4.99 Å². The molecule has 1 aromatic rings. The average molecular weight is 517 g/mol. The van der Waals surface area contributed by atoms with E-state index in [1.807, 2.05) is 31.2 Å². The van der Waals surface area contributed by atoms with Crippen LogP contribution in [-0.2, 0) is 0 Å². The molecule has 0 fully saturated rings. The van der Waals surface area contributed by atoms with Crippen molar-refractivity contribution in [3.05, 3.63) is 40.0 Å². The van der Waals surface area contributed by atoms with Crippen LogP contribution in [0, 0.1) is 3.57 Å². The number of aliphatic imine (C=N–C) groups is 1. The number of aliphatic hydroxyl groups excluding tert-OH is 1. The molecule has 1 unspecified atom stereocenters. The highest BCUT2D eigenvalue weighted by Gasteiger charge is 2.05. The molecule has 0 aliphatic carbocycles. The topological polar surface area (TPSA) is 79.9 Å². The van der Waals surface area contributed by atoms with Crippen LogP contribution in [0.25, 0.3) is 0 Å². The SMILES string of the molecule is C=C(C)CNC(N)=NCC(O)COc1ccc(I)cc1.I. The number of nitrogens with two attached hydrogens (primary N) is 1. The van der Waals surface area contributed by atoms with Crippen molar-refractivity contribution in [3.63, 3.8) is 0 Å². The number of hydrogen-bond acceptors (Lipinski definition) is 3. The van der Waals surface area contributed by atoms with E-state index in [1.165, 1.54) is 0 Å². The molecule has 21 heavy (non-hydrogen) atoms. The zero-order chi connectivity index (χ0) is 15.0. The average Bonchev–Trinajstić information content (AvgIpc) is 2.42. The van der Waals surface area contributed by atoms with Gasteiger partial charge in [0, 0.05) is 10.1 Å². The molecule has 0 aliphatic heterocycles. The summed E-state index contributed by atoms with van der Waals surface area (Å²) in [4.78, 5) is 4.03. The van der Waals surface area contributed by atoms with Gasteiger partial charge in [-0.15, -0.1) is 24.0 Å². The molecule has 4 N–H and O–H groups in total. The van der Waals surface area contributed by atoms with Gasteiger partial charge in [-0.25, -0.2) is 0 Å². The Bertz CT molecular complexity index is 464. The van der Waals surface area contributed by atoms with E-state index in [0.29, 0.717) is 12.5 Å². The van der Waals surface area contributed by atoms with Gasteiger partial charge in [0.15, 0.2) is 5.96 Å². The maximum absolute atomic E-state index is 9.76. The molecule has 0 aromatic heterocycles. The van der Waals surface area contributed by atoms with E-state index in [9.17, 15) is 5.11 Å². The van der Waals surface area contributed by atoms with E-state index in [0.717, 1.165) is 14.9 Å². The molecule has 0 spiro atoms. The molecular weight excluding hydrogens is 496 g/mol. The lowest BCUT2D eigenvalue weighted by Gasteiger charge is -2.11. The Hall–Kier alpha value is -0.550. The number of hydrogen-bond donors (Lipinski definition) is 3. The van der Waals surface area contributed by atoms with Gasteiger partial charge >= 0.3 is 0 Å². The van der Waals surface area contributed by atoms with Crippen LogP contribution in [-0.4, -0.2) is 36.9 Å². The molecule has 0 heterocycles. The Morgan fingerprint density at radius 2 is 2.10 bits per heavy atom. The molecule has 0 saturated heterocycles. The van der Waals surface area contributed by atoms with Gasteiger partial charge in [0.25, 0.3) is 0 Å². The third-order valence-corrected chi connectivity index (χ3v) is 3.02. The van der Waals surface area contributed by atoms with Crippen LogP contribution < -0.4 is 15.8 Å².